The van der Waals surface area contributed by atoms with Crippen LogP contribution in [0.1, 0.15) is 45.4 Å². The largest absolute Gasteiger partial charge is 0.496 e. The van der Waals surface area contributed by atoms with Gasteiger partial charge in [0.25, 0.3) is 5.91 Å². The number of thiophene rings is 1. The number of hydrogen-bond acceptors (Lipinski definition) is 3. The number of para-hydroxylation sites is 1. The highest BCUT2D eigenvalue weighted by Gasteiger charge is 2.22. The predicted molar refractivity (Wildman–Crippen MR) is 94.3 cm³/mol. The van der Waals surface area contributed by atoms with E-state index in [-0.39, 0.29) is 5.91 Å². The molecule has 3 nitrogen and oxygen atoms in total. The number of carbonyl (C=O) groups excluding carboxylic acids is 1. The minimum Gasteiger partial charge on any atom is -0.496 e. The number of rotatable bonds is 5. The van der Waals surface area contributed by atoms with Crippen LogP contribution in [0.4, 0.5) is 0 Å². The molecule has 0 fully saturated rings. The van der Waals surface area contributed by atoms with E-state index in [4.69, 9.17) is 4.74 Å². The fourth-order valence-corrected chi connectivity index (χ4v) is 4.30. The molecule has 3 rings (SSSR count). The summed E-state index contributed by atoms with van der Waals surface area (Å²) in [6.07, 6.45) is 4.73. The maximum Gasteiger partial charge on any atom is 0.261 e. The Bertz CT molecular complexity index is 692. The summed E-state index contributed by atoms with van der Waals surface area (Å²) < 4.78 is 5.33. The standard InChI is InChI=1S/C19H23NO2S/c1-3-13-8-9-17-15(10-13)11-18(23-17)19(21)20-12-14-6-4-5-7-16(14)22-2/h4-7,11,13H,3,8-10,12H2,1-2H3,(H,20,21)/t13-/m1/s1. The molecule has 1 aliphatic carbocycles. The molecule has 0 bridgehead atoms. The minimum atomic E-state index is 0.0170. The van der Waals surface area contributed by atoms with E-state index in [0.29, 0.717) is 6.54 Å². The molecule has 1 aromatic carbocycles. The SMILES string of the molecule is CC[C@@H]1CCc2sc(C(=O)NCc3ccccc3OC)cc2C1. The van der Waals surface area contributed by atoms with E-state index in [0.717, 1.165) is 34.9 Å². The molecular formula is C19H23NO2S. The van der Waals surface area contributed by atoms with Gasteiger partial charge in [-0.05, 0) is 42.9 Å². The van der Waals surface area contributed by atoms with Gasteiger partial charge in [-0.1, -0.05) is 31.5 Å². The van der Waals surface area contributed by atoms with Crippen LogP contribution in [0.3, 0.4) is 0 Å². The molecule has 23 heavy (non-hydrogen) atoms. The van der Waals surface area contributed by atoms with E-state index in [2.05, 4.69) is 18.3 Å². The van der Waals surface area contributed by atoms with Crippen molar-refractivity contribution in [2.24, 2.45) is 5.92 Å². The Morgan fingerprint density at radius 3 is 3.00 bits per heavy atom. The number of aryl methyl sites for hydroxylation is 1. The number of methoxy groups -OCH3 is 1. The number of ether oxygens (including phenoxy) is 1. The van der Waals surface area contributed by atoms with Gasteiger partial charge in [-0.25, -0.2) is 0 Å². The summed E-state index contributed by atoms with van der Waals surface area (Å²) in [5, 5.41) is 3.02. The fraction of sp³-hybridized carbons (Fsp3) is 0.421. The summed E-state index contributed by atoms with van der Waals surface area (Å²) in [5.41, 5.74) is 2.38. The van der Waals surface area contributed by atoms with E-state index in [9.17, 15) is 4.79 Å². The van der Waals surface area contributed by atoms with Crippen LogP contribution in [0, 0.1) is 5.92 Å². The van der Waals surface area contributed by atoms with Crippen LogP contribution in [-0.2, 0) is 19.4 Å². The van der Waals surface area contributed by atoms with E-state index in [1.165, 1.54) is 23.3 Å². The van der Waals surface area contributed by atoms with Gasteiger partial charge in [0.15, 0.2) is 0 Å². The van der Waals surface area contributed by atoms with Crippen LogP contribution in [-0.4, -0.2) is 13.0 Å². The Morgan fingerprint density at radius 1 is 1.39 bits per heavy atom. The summed E-state index contributed by atoms with van der Waals surface area (Å²) >= 11 is 1.66. The lowest BCUT2D eigenvalue weighted by molar-refractivity contribution is 0.0954. The van der Waals surface area contributed by atoms with Crippen LogP contribution in [0.15, 0.2) is 30.3 Å². The molecule has 1 aliphatic rings. The van der Waals surface area contributed by atoms with Crippen molar-refractivity contribution in [2.75, 3.05) is 7.11 Å². The number of amides is 1. The maximum absolute atomic E-state index is 12.4. The minimum absolute atomic E-state index is 0.0170. The van der Waals surface area contributed by atoms with Gasteiger partial charge in [-0.15, -0.1) is 11.3 Å². The summed E-state index contributed by atoms with van der Waals surface area (Å²) in [6, 6.07) is 9.88. The second kappa shape index (κ2) is 7.18. The van der Waals surface area contributed by atoms with Crippen molar-refractivity contribution in [3.63, 3.8) is 0 Å². The molecule has 4 heteroatoms. The van der Waals surface area contributed by atoms with Gasteiger partial charge in [0.05, 0.1) is 12.0 Å². The van der Waals surface area contributed by atoms with Gasteiger partial charge in [0, 0.05) is 17.0 Å². The van der Waals surface area contributed by atoms with Gasteiger partial charge >= 0.3 is 0 Å². The van der Waals surface area contributed by atoms with Gasteiger partial charge in [0.1, 0.15) is 5.75 Å². The van der Waals surface area contributed by atoms with Crippen molar-refractivity contribution in [3.05, 3.63) is 51.2 Å². The van der Waals surface area contributed by atoms with Gasteiger partial charge in [-0.2, -0.15) is 0 Å². The summed E-state index contributed by atoms with van der Waals surface area (Å²) in [6.45, 7) is 2.74. The van der Waals surface area contributed by atoms with E-state index < -0.39 is 0 Å². The third-order valence-electron chi connectivity index (χ3n) is 4.62. The summed E-state index contributed by atoms with van der Waals surface area (Å²) in [5.74, 6) is 1.61. The second-order valence-corrected chi connectivity index (χ2v) is 7.21. The molecule has 1 heterocycles. The van der Waals surface area contributed by atoms with Crippen LogP contribution in [0.5, 0.6) is 5.75 Å². The number of hydrogen-bond donors (Lipinski definition) is 1. The van der Waals surface area contributed by atoms with Crippen LogP contribution < -0.4 is 10.1 Å². The first-order valence-electron chi connectivity index (χ1n) is 8.23. The third-order valence-corrected chi connectivity index (χ3v) is 5.85. The zero-order valence-electron chi connectivity index (χ0n) is 13.7. The third kappa shape index (κ3) is 3.58. The second-order valence-electron chi connectivity index (χ2n) is 6.07. The average molecular weight is 329 g/mol. The smallest absolute Gasteiger partial charge is 0.261 e. The molecule has 1 N–H and O–H groups in total. The highest BCUT2D eigenvalue weighted by Crippen LogP contribution is 2.33. The summed E-state index contributed by atoms with van der Waals surface area (Å²) in [7, 11) is 1.65. The van der Waals surface area contributed by atoms with Gasteiger partial charge in [-0.3, -0.25) is 4.79 Å². The Balaban J connectivity index is 1.66. The van der Waals surface area contributed by atoms with E-state index in [1.807, 2.05) is 24.3 Å². The first-order chi connectivity index (χ1) is 11.2. The van der Waals surface area contributed by atoms with Crippen molar-refractivity contribution in [1.82, 2.24) is 5.32 Å². The molecule has 1 atom stereocenters. The average Bonchev–Trinajstić information content (AvgIpc) is 3.03. The number of nitrogens with one attached hydrogen (secondary N) is 1. The Kier molecular flexibility index (Phi) is 5.01. The topological polar surface area (TPSA) is 38.3 Å². The molecular weight excluding hydrogens is 306 g/mol. The van der Waals surface area contributed by atoms with E-state index >= 15 is 0 Å². The van der Waals surface area contributed by atoms with Crippen molar-refractivity contribution in [3.8, 4) is 5.75 Å². The predicted octanol–water partition coefficient (Wildman–Crippen LogP) is 4.20. The number of fused-ring (bicyclic) bond motifs is 1. The lowest BCUT2D eigenvalue weighted by Gasteiger charge is -2.19. The fourth-order valence-electron chi connectivity index (χ4n) is 3.17. The van der Waals surface area contributed by atoms with Crippen molar-refractivity contribution in [2.45, 2.75) is 39.2 Å². The number of carbonyl (C=O) groups is 1. The molecule has 122 valence electrons. The lowest BCUT2D eigenvalue weighted by atomic mass is 9.87. The highest BCUT2D eigenvalue weighted by molar-refractivity contribution is 7.14. The van der Waals surface area contributed by atoms with Crippen LogP contribution >= 0.6 is 11.3 Å². The maximum atomic E-state index is 12.4. The quantitative estimate of drug-likeness (QED) is 0.893. The molecule has 2 aromatic rings. The van der Waals surface area contributed by atoms with Gasteiger partial charge < -0.3 is 10.1 Å². The molecule has 0 saturated heterocycles. The molecule has 0 aliphatic heterocycles. The molecule has 0 unspecified atom stereocenters. The molecule has 1 aromatic heterocycles. The monoisotopic (exact) mass is 329 g/mol. The molecule has 0 spiro atoms. The van der Waals surface area contributed by atoms with Crippen molar-refractivity contribution in [1.29, 1.82) is 0 Å². The zero-order chi connectivity index (χ0) is 16.2. The lowest BCUT2D eigenvalue weighted by Crippen LogP contribution is -2.22. The van der Waals surface area contributed by atoms with Crippen LogP contribution in [0.2, 0.25) is 0 Å². The van der Waals surface area contributed by atoms with Crippen LogP contribution in [0.25, 0.3) is 0 Å². The molecule has 0 radical (unpaired) electrons. The normalized spacial score (nSPS) is 16.7. The van der Waals surface area contributed by atoms with Gasteiger partial charge in [0.2, 0.25) is 0 Å². The Morgan fingerprint density at radius 2 is 2.22 bits per heavy atom. The first-order valence-corrected chi connectivity index (χ1v) is 9.04. The highest BCUT2D eigenvalue weighted by atomic mass is 32.1. The van der Waals surface area contributed by atoms with Crippen molar-refractivity contribution >= 4 is 17.2 Å². The van der Waals surface area contributed by atoms with E-state index in [1.54, 1.807) is 18.4 Å². The molecule has 0 saturated carbocycles. The molecule has 1 amide bonds. The first kappa shape index (κ1) is 16.1. The number of benzene rings is 1. The van der Waals surface area contributed by atoms with Crippen molar-refractivity contribution < 1.29 is 9.53 Å². The summed E-state index contributed by atoms with van der Waals surface area (Å²) in [4.78, 5) is 14.7. The Hall–Kier alpha value is -1.81. The zero-order valence-corrected chi connectivity index (χ0v) is 14.5. The Labute approximate surface area is 141 Å².